The fourth-order valence-corrected chi connectivity index (χ4v) is 5.60. The Labute approximate surface area is 237 Å². The van der Waals surface area contributed by atoms with Gasteiger partial charge in [0, 0.05) is 30.3 Å². The molecule has 3 aromatic heterocycles. The summed E-state index contributed by atoms with van der Waals surface area (Å²) in [6.45, 7) is 11.8. The van der Waals surface area contributed by atoms with E-state index in [0.717, 1.165) is 41.8 Å². The van der Waals surface area contributed by atoms with E-state index in [1.165, 1.54) is 41.0 Å². The molecule has 0 saturated carbocycles. The number of rotatable bonds is 10. The second-order valence-electron chi connectivity index (χ2n) is 11.2. The zero-order chi connectivity index (χ0) is 28.4. The van der Waals surface area contributed by atoms with Crippen LogP contribution in [0.5, 0.6) is 0 Å². The van der Waals surface area contributed by atoms with Crippen LogP contribution in [0, 0.1) is 5.92 Å². The first-order chi connectivity index (χ1) is 18.4. The SMILES string of the molecule is CCCCC[C@H](C)Cn1c(SCc2cn3cc(C(F)(F)F)cc(Cl)c3n2)nnc1-c1ccc(C(C)(C)C)cc1. The van der Waals surface area contributed by atoms with Crippen molar-refractivity contribution in [2.75, 3.05) is 0 Å². The van der Waals surface area contributed by atoms with Gasteiger partial charge in [-0.3, -0.25) is 0 Å². The van der Waals surface area contributed by atoms with Gasteiger partial charge in [-0.1, -0.05) is 102 Å². The van der Waals surface area contributed by atoms with Crippen LogP contribution in [-0.4, -0.2) is 24.1 Å². The minimum absolute atomic E-state index is 0.0360. The molecule has 4 aromatic rings. The van der Waals surface area contributed by atoms with Gasteiger partial charge in [0.1, 0.15) is 0 Å². The van der Waals surface area contributed by atoms with E-state index in [2.05, 4.69) is 78.6 Å². The van der Waals surface area contributed by atoms with Crippen LogP contribution in [-0.2, 0) is 23.9 Å². The molecule has 0 aliphatic heterocycles. The van der Waals surface area contributed by atoms with Crippen molar-refractivity contribution in [1.82, 2.24) is 24.1 Å². The van der Waals surface area contributed by atoms with Gasteiger partial charge in [0.2, 0.25) is 0 Å². The summed E-state index contributed by atoms with van der Waals surface area (Å²) in [6.07, 6.45) is 2.81. The van der Waals surface area contributed by atoms with Crippen molar-refractivity contribution in [3.8, 4) is 11.4 Å². The topological polar surface area (TPSA) is 48.0 Å². The van der Waals surface area contributed by atoms with Gasteiger partial charge in [0.05, 0.1) is 16.3 Å². The molecule has 0 N–H and O–H groups in total. The number of halogens is 4. The molecule has 0 saturated heterocycles. The zero-order valence-electron chi connectivity index (χ0n) is 23.0. The van der Waals surface area contributed by atoms with Crippen molar-refractivity contribution in [1.29, 1.82) is 0 Å². The highest BCUT2D eigenvalue weighted by atomic mass is 35.5. The predicted octanol–water partition coefficient (Wildman–Crippen LogP) is 9.07. The first-order valence-electron chi connectivity index (χ1n) is 13.3. The number of pyridine rings is 1. The van der Waals surface area contributed by atoms with Crippen LogP contribution < -0.4 is 0 Å². The Morgan fingerprint density at radius 1 is 1.00 bits per heavy atom. The van der Waals surface area contributed by atoms with E-state index < -0.39 is 11.7 Å². The summed E-state index contributed by atoms with van der Waals surface area (Å²) in [5.41, 5.74) is 2.41. The molecule has 210 valence electrons. The maximum atomic E-state index is 13.2. The van der Waals surface area contributed by atoms with E-state index in [1.54, 1.807) is 6.20 Å². The average Bonchev–Trinajstić information content (AvgIpc) is 3.46. The van der Waals surface area contributed by atoms with Gasteiger partial charge in [-0.25, -0.2) is 4.98 Å². The fourth-order valence-electron chi connectivity index (χ4n) is 4.51. The minimum Gasteiger partial charge on any atom is -0.305 e. The molecule has 0 bridgehead atoms. The largest absolute Gasteiger partial charge is 0.417 e. The lowest BCUT2D eigenvalue weighted by Gasteiger charge is -2.19. The summed E-state index contributed by atoms with van der Waals surface area (Å²) >= 11 is 7.60. The zero-order valence-corrected chi connectivity index (χ0v) is 24.6. The molecule has 39 heavy (non-hydrogen) atoms. The van der Waals surface area contributed by atoms with Crippen molar-refractivity contribution >= 4 is 29.0 Å². The summed E-state index contributed by atoms with van der Waals surface area (Å²) in [7, 11) is 0. The number of nitrogens with zero attached hydrogens (tertiary/aromatic N) is 5. The minimum atomic E-state index is -4.48. The molecule has 3 heterocycles. The molecule has 0 unspecified atom stereocenters. The molecule has 0 aliphatic rings. The number of benzene rings is 1. The Hall–Kier alpha value is -2.52. The molecule has 10 heteroatoms. The Morgan fingerprint density at radius 3 is 2.36 bits per heavy atom. The van der Waals surface area contributed by atoms with Crippen molar-refractivity contribution in [3.05, 3.63) is 64.6 Å². The van der Waals surface area contributed by atoms with Gasteiger partial charge in [0.15, 0.2) is 16.6 Å². The van der Waals surface area contributed by atoms with Gasteiger partial charge in [-0.2, -0.15) is 13.2 Å². The van der Waals surface area contributed by atoms with E-state index >= 15 is 0 Å². The predicted molar refractivity (Wildman–Crippen MR) is 152 cm³/mol. The highest BCUT2D eigenvalue weighted by molar-refractivity contribution is 7.98. The molecular weight excluding hydrogens is 543 g/mol. The third-order valence-corrected chi connectivity index (χ3v) is 8.03. The number of hydrogen-bond donors (Lipinski definition) is 0. The average molecular weight is 578 g/mol. The molecule has 0 fully saturated rings. The van der Waals surface area contributed by atoms with Crippen molar-refractivity contribution in [3.63, 3.8) is 0 Å². The van der Waals surface area contributed by atoms with E-state index in [9.17, 15) is 13.2 Å². The summed E-state index contributed by atoms with van der Waals surface area (Å²) in [5.74, 6) is 1.67. The summed E-state index contributed by atoms with van der Waals surface area (Å²) < 4.78 is 43.2. The van der Waals surface area contributed by atoms with Crippen LogP contribution in [0.4, 0.5) is 13.2 Å². The second-order valence-corrected chi connectivity index (χ2v) is 12.5. The van der Waals surface area contributed by atoms with Gasteiger partial charge < -0.3 is 8.97 Å². The molecule has 1 aromatic carbocycles. The van der Waals surface area contributed by atoms with E-state index in [-0.39, 0.29) is 10.4 Å². The van der Waals surface area contributed by atoms with Crippen LogP contribution in [0.2, 0.25) is 5.02 Å². The number of unbranched alkanes of at least 4 members (excludes halogenated alkanes) is 2. The third-order valence-electron chi connectivity index (χ3n) is 6.75. The summed E-state index contributed by atoms with van der Waals surface area (Å²) in [5, 5.41) is 9.79. The molecule has 0 spiro atoms. The number of fused-ring (bicyclic) bond motifs is 1. The Morgan fingerprint density at radius 2 is 1.72 bits per heavy atom. The Bertz CT molecular complexity index is 1400. The second kappa shape index (κ2) is 11.9. The number of imidazole rings is 1. The van der Waals surface area contributed by atoms with Gasteiger partial charge >= 0.3 is 6.18 Å². The molecule has 0 aliphatic carbocycles. The fraction of sp³-hybridized carbons (Fsp3) is 0.483. The van der Waals surface area contributed by atoms with Crippen LogP contribution in [0.15, 0.2) is 47.9 Å². The highest BCUT2D eigenvalue weighted by Gasteiger charge is 2.32. The van der Waals surface area contributed by atoms with E-state index in [4.69, 9.17) is 11.6 Å². The highest BCUT2D eigenvalue weighted by Crippen LogP contribution is 2.34. The molecule has 0 radical (unpaired) electrons. The van der Waals surface area contributed by atoms with E-state index in [0.29, 0.717) is 23.0 Å². The Balaban J connectivity index is 1.60. The first-order valence-corrected chi connectivity index (χ1v) is 14.6. The number of alkyl halides is 3. The molecular formula is C29H35ClF3N5S. The van der Waals surface area contributed by atoms with Crippen molar-refractivity contribution < 1.29 is 13.2 Å². The summed E-state index contributed by atoms with van der Waals surface area (Å²) in [4.78, 5) is 4.47. The van der Waals surface area contributed by atoms with Crippen LogP contribution in [0.1, 0.15) is 77.1 Å². The number of hydrogen-bond acceptors (Lipinski definition) is 4. The lowest BCUT2D eigenvalue weighted by atomic mass is 9.86. The van der Waals surface area contributed by atoms with Crippen LogP contribution in [0.25, 0.3) is 17.0 Å². The van der Waals surface area contributed by atoms with Gasteiger partial charge in [-0.05, 0) is 29.4 Å². The van der Waals surface area contributed by atoms with Gasteiger partial charge in [0.25, 0.3) is 0 Å². The normalized spacial score (nSPS) is 13.4. The maximum absolute atomic E-state index is 13.2. The summed E-state index contributed by atoms with van der Waals surface area (Å²) in [6, 6.07) is 9.39. The molecule has 5 nitrogen and oxygen atoms in total. The number of thioether (sulfide) groups is 1. The van der Waals surface area contributed by atoms with Crippen LogP contribution >= 0.6 is 23.4 Å². The van der Waals surface area contributed by atoms with Crippen molar-refractivity contribution in [2.24, 2.45) is 5.92 Å². The number of aromatic nitrogens is 5. The van der Waals surface area contributed by atoms with Gasteiger partial charge in [-0.15, -0.1) is 10.2 Å². The molecule has 4 rings (SSSR count). The lowest BCUT2D eigenvalue weighted by Crippen LogP contribution is -2.12. The maximum Gasteiger partial charge on any atom is 0.417 e. The third kappa shape index (κ3) is 7.17. The van der Waals surface area contributed by atoms with E-state index in [1.807, 2.05) is 0 Å². The van der Waals surface area contributed by atoms with Crippen molar-refractivity contribution in [2.45, 2.75) is 89.3 Å². The van der Waals surface area contributed by atoms with Crippen LogP contribution in [0.3, 0.4) is 0 Å². The quantitative estimate of drug-likeness (QED) is 0.139. The Kier molecular flexibility index (Phi) is 9.01. The smallest absolute Gasteiger partial charge is 0.305 e. The molecule has 1 atom stereocenters. The monoisotopic (exact) mass is 577 g/mol. The first kappa shape index (κ1) is 29.5. The molecule has 0 amide bonds. The lowest BCUT2D eigenvalue weighted by molar-refractivity contribution is -0.137. The standard InChI is InChI=1S/C29H35ClF3N5S/c1-6-7-8-9-19(2)15-38-25(20-10-12-21(13-11-20)28(3,4)5)35-36-27(38)39-18-23-17-37-16-22(29(31,32)33)14-24(30)26(37)34-23/h10-14,16-17,19H,6-9,15,18H2,1-5H3/t19-/m0/s1.